The number of para-hydroxylation sites is 3. The molecule has 0 aliphatic heterocycles. The molecule has 0 fully saturated rings. The van der Waals surface area contributed by atoms with Gasteiger partial charge in [0.15, 0.2) is 0 Å². The van der Waals surface area contributed by atoms with Gasteiger partial charge in [-0.25, -0.2) is 4.98 Å². The number of nitrogens with one attached hydrogen (secondary N) is 1. The molecule has 6 nitrogen and oxygen atoms in total. The largest absolute Gasteiger partial charge is 0.497 e. The molecule has 1 aromatic heterocycles. The highest BCUT2D eigenvalue weighted by Crippen LogP contribution is 2.24. The molecule has 0 atom stereocenters. The zero-order valence-electron chi connectivity index (χ0n) is 20.5. The molecule has 6 heteroatoms. The van der Waals surface area contributed by atoms with Crippen molar-refractivity contribution in [3.05, 3.63) is 89.7 Å². The summed E-state index contributed by atoms with van der Waals surface area (Å²) in [6.45, 7) is 1.41. The number of carbonyl (C=O) groups excluding carboxylic acids is 1. The summed E-state index contributed by atoms with van der Waals surface area (Å²) in [5.41, 5.74) is 4.28. The summed E-state index contributed by atoms with van der Waals surface area (Å²) in [5, 5.41) is 3.03. The topological polar surface area (TPSA) is 65.4 Å². The highest BCUT2D eigenvalue weighted by molar-refractivity contribution is 5.78. The molecule has 0 radical (unpaired) electrons. The molecular formula is C29H33N3O3. The van der Waals surface area contributed by atoms with Gasteiger partial charge in [-0.1, -0.05) is 48.9 Å². The number of unbranched alkanes of at least 4 members (excludes halogenated alkanes) is 2. The van der Waals surface area contributed by atoms with E-state index in [2.05, 4.69) is 34.1 Å². The molecule has 0 aliphatic carbocycles. The maximum absolute atomic E-state index is 12.2. The van der Waals surface area contributed by atoms with Crippen LogP contribution in [0.15, 0.2) is 72.8 Å². The SMILES string of the molecule is COc1ccc(CC(=O)NCCCCCc2nc3ccccc3n2Cc2ccccc2OC)cc1. The Morgan fingerprint density at radius 3 is 2.46 bits per heavy atom. The van der Waals surface area contributed by atoms with E-state index in [1.807, 2.05) is 48.5 Å². The highest BCUT2D eigenvalue weighted by Gasteiger charge is 2.13. The summed E-state index contributed by atoms with van der Waals surface area (Å²) in [6.07, 6.45) is 4.27. The lowest BCUT2D eigenvalue weighted by Crippen LogP contribution is -2.26. The summed E-state index contributed by atoms with van der Waals surface area (Å²) in [6, 6.07) is 24.0. The first-order chi connectivity index (χ1) is 17.2. The predicted octanol–water partition coefficient (Wildman–Crippen LogP) is 5.17. The molecule has 4 aromatic rings. The van der Waals surface area contributed by atoms with E-state index >= 15 is 0 Å². The number of hydrogen-bond acceptors (Lipinski definition) is 4. The Bertz CT molecular complexity index is 1250. The molecule has 0 saturated heterocycles. The molecule has 0 bridgehead atoms. The van der Waals surface area contributed by atoms with Gasteiger partial charge in [-0.3, -0.25) is 4.79 Å². The van der Waals surface area contributed by atoms with E-state index in [0.717, 1.165) is 71.7 Å². The number of aryl methyl sites for hydroxylation is 1. The minimum atomic E-state index is 0.0498. The molecule has 0 spiro atoms. The van der Waals surface area contributed by atoms with Gasteiger partial charge in [-0.05, 0) is 48.7 Å². The van der Waals surface area contributed by atoms with Crippen LogP contribution in [0.1, 0.15) is 36.2 Å². The van der Waals surface area contributed by atoms with Crippen molar-refractivity contribution in [3.63, 3.8) is 0 Å². The van der Waals surface area contributed by atoms with Crippen LogP contribution in [0.4, 0.5) is 0 Å². The van der Waals surface area contributed by atoms with Gasteiger partial charge >= 0.3 is 0 Å². The summed E-state index contributed by atoms with van der Waals surface area (Å²) < 4.78 is 13.0. The molecule has 3 aromatic carbocycles. The summed E-state index contributed by atoms with van der Waals surface area (Å²) in [4.78, 5) is 17.1. The lowest BCUT2D eigenvalue weighted by molar-refractivity contribution is -0.120. The summed E-state index contributed by atoms with van der Waals surface area (Å²) in [5.74, 6) is 2.82. The lowest BCUT2D eigenvalue weighted by atomic mass is 10.1. The van der Waals surface area contributed by atoms with E-state index < -0.39 is 0 Å². The van der Waals surface area contributed by atoms with E-state index in [9.17, 15) is 4.79 Å². The lowest BCUT2D eigenvalue weighted by Gasteiger charge is -2.12. The minimum absolute atomic E-state index is 0.0498. The Labute approximate surface area is 206 Å². The monoisotopic (exact) mass is 471 g/mol. The van der Waals surface area contributed by atoms with Crippen molar-refractivity contribution in [3.8, 4) is 11.5 Å². The third-order valence-corrected chi connectivity index (χ3v) is 6.18. The summed E-state index contributed by atoms with van der Waals surface area (Å²) in [7, 11) is 3.35. The molecule has 182 valence electrons. The van der Waals surface area contributed by atoms with Gasteiger partial charge < -0.3 is 19.4 Å². The van der Waals surface area contributed by atoms with Gasteiger partial charge in [0.1, 0.15) is 17.3 Å². The molecule has 4 rings (SSSR count). The van der Waals surface area contributed by atoms with Crippen LogP contribution < -0.4 is 14.8 Å². The zero-order chi connectivity index (χ0) is 24.5. The molecule has 0 unspecified atom stereocenters. The Morgan fingerprint density at radius 2 is 1.66 bits per heavy atom. The smallest absolute Gasteiger partial charge is 0.224 e. The van der Waals surface area contributed by atoms with Crippen LogP contribution in [0.2, 0.25) is 0 Å². The van der Waals surface area contributed by atoms with Gasteiger partial charge in [0.2, 0.25) is 5.91 Å². The number of aromatic nitrogens is 2. The summed E-state index contributed by atoms with van der Waals surface area (Å²) >= 11 is 0. The normalized spacial score (nSPS) is 10.9. The Morgan fingerprint density at radius 1 is 0.886 bits per heavy atom. The number of rotatable bonds is 12. The Hall–Kier alpha value is -3.80. The van der Waals surface area contributed by atoms with Crippen molar-refractivity contribution in [2.75, 3.05) is 20.8 Å². The van der Waals surface area contributed by atoms with Gasteiger partial charge in [-0.2, -0.15) is 0 Å². The van der Waals surface area contributed by atoms with Crippen LogP contribution in [0.3, 0.4) is 0 Å². The fourth-order valence-corrected chi connectivity index (χ4v) is 4.30. The zero-order valence-corrected chi connectivity index (χ0v) is 20.5. The number of amides is 1. The number of hydrogen-bond donors (Lipinski definition) is 1. The maximum Gasteiger partial charge on any atom is 0.224 e. The number of fused-ring (bicyclic) bond motifs is 1. The van der Waals surface area contributed by atoms with Gasteiger partial charge in [-0.15, -0.1) is 0 Å². The van der Waals surface area contributed by atoms with Crippen molar-refractivity contribution < 1.29 is 14.3 Å². The average Bonchev–Trinajstić information content (AvgIpc) is 3.24. The number of benzene rings is 3. The number of nitrogens with zero attached hydrogens (tertiary/aromatic N) is 2. The van der Waals surface area contributed by atoms with E-state index in [1.54, 1.807) is 14.2 Å². The second-order valence-corrected chi connectivity index (χ2v) is 8.60. The number of ether oxygens (including phenoxy) is 2. The molecule has 0 saturated carbocycles. The van der Waals surface area contributed by atoms with E-state index in [0.29, 0.717) is 13.0 Å². The van der Waals surface area contributed by atoms with Crippen LogP contribution in [-0.4, -0.2) is 36.2 Å². The van der Waals surface area contributed by atoms with Crippen molar-refractivity contribution in [2.45, 2.75) is 38.6 Å². The number of imidazole rings is 1. The van der Waals surface area contributed by atoms with Crippen LogP contribution >= 0.6 is 0 Å². The van der Waals surface area contributed by atoms with E-state index in [-0.39, 0.29) is 5.91 Å². The molecule has 1 amide bonds. The van der Waals surface area contributed by atoms with Gasteiger partial charge in [0.25, 0.3) is 0 Å². The second kappa shape index (κ2) is 12.1. The third kappa shape index (κ3) is 6.41. The van der Waals surface area contributed by atoms with Crippen LogP contribution in [0.5, 0.6) is 11.5 Å². The molecule has 1 N–H and O–H groups in total. The van der Waals surface area contributed by atoms with Crippen molar-refractivity contribution in [2.24, 2.45) is 0 Å². The van der Waals surface area contributed by atoms with Crippen LogP contribution in [-0.2, 0) is 24.2 Å². The molecule has 0 aliphatic rings. The maximum atomic E-state index is 12.2. The molecule has 1 heterocycles. The van der Waals surface area contributed by atoms with Crippen molar-refractivity contribution in [1.29, 1.82) is 0 Å². The number of methoxy groups -OCH3 is 2. The quantitative estimate of drug-likeness (QED) is 0.289. The van der Waals surface area contributed by atoms with Crippen molar-refractivity contribution in [1.82, 2.24) is 14.9 Å². The number of carbonyl (C=O) groups is 1. The standard InChI is InChI=1S/C29H33N3O3/c1-34-24-17-15-22(16-18-24)20-29(33)30-19-9-3-4-14-28-31-25-11-6-7-12-26(25)32(28)21-23-10-5-8-13-27(23)35-2/h5-8,10-13,15-18H,3-4,9,14,19-21H2,1-2H3,(H,30,33). The van der Waals surface area contributed by atoms with Crippen molar-refractivity contribution >= 4 is 16.9 Å². The first-order valence-electron chi connectivity index (χ1n) is 12.1. The first-order valence-corrected chi connectivity index (χ1v) is 12.1. The Balaban J connectivity index is 1.28. The molecule has 35 heavy (non-hydrogen) atoms. The van der Waals surface area contributed by atoms with Crippen LogP contribution in [0, 0.1) is 0 Å². The second-order valence-electron chi connectivity index (χ2n) is 8.60. The van der Waals surface area contributed by atoms with Gasteiger partial charge in [0.05, 0.1) is 38.2 Å². The Kier molecular flexibility index (Phi) is 8.39. The first kappa shape index (κ1) is 24.3. The average molecular weight is 472 g/mol. The minimum Gasteiger partial charge on any atom is -0.497 e. The predicted molar refractivity (Wildman–Crippen MR) is 139 cm³/mol. The van der Waals surface area contributed by atoms with Gasteiger partial charge in [0, 0.05) is 18.5 Å². The molecular weight excluding hydrogens is 438 g/mol. The fraction of sp³-hybridized carbons (Fsp3) is 0.310. The van der Waals surface area contributed by atoms with E-state index in [1.165, 1.54) is 0 Å². The van der Waals surface area contributed by atoms with Crippen LogP contribution in [0.25, 0.3) is 11.0 Å². The third-order valence-electron chi connectivity index (χ3n) is 6.18. The highest BCUT2D eigenvalue weighted by atomic mass is 16.5. The fourth-order valence-electron chi connectivity index (χ4n) is 4.30. The van der Waals surface area contributed by atoms with E-state index in [4.69, 9.17) is 14.5 Å².